The van der Waals surface area contributed by atoms with Crippen LogP contribution in [0.3, 0.4) is 0 Å². The van der Waals surface area contributed by atoms with Gasteiger partial charge in [-0.1, -0.05) is 40.2 Å². The summed E-state index contributed by atoms with van der Waals surface area (Å²) in [6.45, 7) is 10.5. The second kappa shape index (κ2) is 18.3. The van der Waals surface area contributed by atoms with E-state index in [1.54, 1.807) is 0 Å². The number of alkyl halides is 3. The number of rotatable bonds is 8. The van der Waals surface area contributed by atoms with E-state index in [0.29, 0.717) is 23.6 Å². The minimum Gasteiger partial charge on any atom is -0.468 e. The van der Waals surface area contributed by atoms with E-state index in [-0.39, 0.29) is 20.8 Å². The summed E-state index contributed by atoms with van der Waals surface area (Å²) in [6.07, 6.45) is 4.77. The molecule has 3 N–H and O–H groups in total. The standard InChI is InChI=1S/C14H17F3N2O2.C12H23N3.CH2O.CH4.H2/c15-14(16,17)10-21-12-6-5-11(9-20)13(18-12)19-7-3-1-2-4-8-19;1-9(2)8-14-12-7-11(10(3)13)5-6-15(12)4;1-2;;/h5-6,9H,1-4,7-8,10H2;5,7,9-10,14H,6,8,13H2,1-4H3;1H2;1H4;1H. The van der Waals surface area contributed by atoms with Crippen molar-refractivity contribution in [3.8, 4) is 5.88 Å². The van der Waals surface area contributed by atoms with Crippen molar-refractivity contribution in [2.24, 2.45) is 11.7 Å². The SMILES string of the molecule is C.C=O.CC(C)CNC1=CC(C(C)N)=CCN1C.O=Cc1ccc(OCC(F)(F)F)nc1N1CCCCCC1.[HH]. The number of halogens is 3. The summed E-state index contributed by atoms with van der Waals surface area (Å²) in [5, 5.41) is 3.45. The number of pyridine rings is 1. The van der Waals surface area contributed by atoms with Gasteiger partial charge in [-0.05, 0) is 43.4 Å². The van der Waals surface area contributed by atoms with Gasteiger partial charge in [0.15, 0.2) is 12.9 Å². The molecule has 3 heterocycles. The number of carbonyl (C=O) groups is 2. The number of anilines is 1. The van der Waals surface area contributed by atoms with Gasteiger partial charge in [-0.15, -0.1) is 0 Å². The Balaban J connectivity index is 0. The highest BCUT2D eigenvalue weighted by molar-refractivity contribution is 5.83. The van der Waals surface area contributed by atoms with Crippen molar-refractivity contribution in [2.75, 3.05) is 44.7 Å². The molecule has 1 atom stereocenters. The largest absolute Gasteiger partial charge is 0.468 e. The van der Waals surface area contributed by atoms with Crippen LogP contribution < -0.4 is 20.7 Å². The van der Waals surface area contributed by atoms with E-state index in [1.165, 1.54) is 23.5 Å². The van der Waals surface area contributed by atoms with Crippen LogP contribution in [0.1, 0.15) is 65.7 Å². The average Bonchev–Trinajstić information content (AvgIpc) is 3.17. The van der Waals surface area contributed by atoms with Gasteiger partial charge in [-0.3, -0.25) is 4.79 Å². The van der Waals surface area contributed by atoms with E-state index < -0.39 is 12.8 Å². The van der Waals surface area contributed by atoms with Gasteiger partial charge in [0, 0.05) is 46.8 Å². The Morgan fingerprint density at radius 3 is 2.31 bits per heavy atom. The first-order valence-electron chi connectivity index (χ1n) is 12.8. The van der Waals surface area contributed by atoms with Crippen LogP contribution >= 0.6 is 0 Å². The first-order chi connectivity index (χ1) is 18.0. The fourth-order valence-corrected chi connectivity index (χ4v) is 3.79. The van der Waals surface area contributed by atoms with Crippen molar-refractivity contribution in [2.45, 2.75) is 66.1 Å². The minimum absolute atomic E-state index is 0. The Morgan fingerprint density at radius 1 is 1.18 bits per heavy atom. The molecule has 0 aliphatic carbocycles. The number of aldehydes is 1. The molecule has 0 spiro atoms. The van der Waals surface area contributed by atoms with Crippen LogP contribution in [0.2, 0.25) is 0 Å². The molecule has 224 valence electrons. The Bertz CT molecular complexity index is 919. The van der Waals surface area contributed by atoms with Gasteiger partial charge in [0.05, 0.1) is 5.56 Å². The molecule has 0 radical (unpaired) electrons. The van der Waals surface area contributed by atoms with Crippen molar-refractivity contribution in [3.63, 3.8) is 0 Å². The van der Waals surface area contributed by atoms with E-state index in [9.17, 15) is 18.0 Å². The molecule has 0 amide bonds. The van der Waals surface area contributed by atoms with Crippen LogP contribution in [0.25, 0.3) is 0 Å². The Kier molecular flexibility index (Phi) is 16.8. The Hall–Kier alpha value is -3.08. The highest BCUT2D eigenvalue weighted by atomic mass is 19.4. The minimum atomic E-state index is -4.41. The summed E-state index contributed by atoms with van der Waals surface area (Å²) in [5.74, 6) is 2.13. The third kappa shape index (κ3) is 13.5. The highest BCUT2D eigenvalue weighted by Gasteiger charge is 2.29. The second-order valence-electron chi connectivity index (χ2n) is 9.66. The number of likely N-dealkylation sites (N-methyl/N-ethyl adjacent to an activating group) is 1. The number of nitrogens with zero attached hydrogens (tertiary/aromatic N) is 3. The number of hydrogen-bond donors (Lipinski definition) is 2. The smallest absolute Gasteiger partial charge is 0.422 e. The molecule has 0 aromatic carbocycles. The van der Waals surface area contributed by atoms with Crippen molar-refractivity contribution in [1.82, 2.24) is 15.2 Å². The molecular formula is C28H48F3N5O3. The zero-order valence-electron chi connectivity index (χ0n) is 22.9. The van der Waals surface area contributed by atoms with Gasteiger partial charge in [0.1, 0.15) is 18.4 Å². The van der Waals surface area contributed by atoms with Crippen LogP contribution in [0.5, 0.6) is 5.88 Å². The summed E-state index contributed by atoms with van der Waals surface area (Å²) >= 11 is 0. The van der Waals surface area contributed by atoms with E-state index in [1.807, 2.05) is 18.6 Å². The number of ether oxygens (including phenoxy) is 1. The zero-order valence-corrected chi connectivity index (χ0v) is 22.9. The highest BCUT2D eigenvalue weighted by Crippen LogP contribution is 2.25. The summed E-state index contributed by atoms with van der Waals surface area (Å²) in [7, 11) is 2.09. The molecule has 1 saturated heterocycles. The van der Waals surface area contributed by atoms with Crippen LogP contribution in [0.4, 0.5) is 19.0 Å². The van der Waals surface area contributed by atoms with Crippen LogP contribution in [0, 0.1) is 5.92 Å². The lowest BCUT2D eigenvalue weighted by molar-refractivity contribution is -0.154. The molecular weight excluding hydrogens is 511 g/mol. The van der Waals surface area contributed by atoms with E-state index in [4.69, 9.17) is 10.5 Å². The van der Waals surface area contributed by atoms with Crippen molar-refractivity contribution < 1.29 is 28.9 Å². The number of hydrogen-bond acceptors (Lipinski definition) is 8. The van der Waals surface area contributed by atoms with Crippen molar-refractivity contribution in [3.05, 3.63) is 41.2 Å². The van der Waals surface area contributed by atoms with Gasteiger partial charge < -0.3 is 30.4 Å². The lowest BCUT2D eigenvalue weighted by Crippen LogP contribution is -2.34. The number of nitrogens with two attached hydrogens (primary N) is 1. The molecule has 1 unspecified atom stereocenters. The van der Waals surface area contributed by atoms with Gasteiger partial charge in [0.25, 0.3) is 0 Å². The molecule has 2 aliphatic heterocycles. The summed E-state index contributed by atoms with van der Waals surface area (Å²) < 4.78 is 41.2. The summed E-state index contributed by atoms with van der Waals surface area (Å²) in [6, 6.07) is 2.86. The number of nitrogens with one attached hydrogen (secondary N) is 1. The third-order valence-electron chi connectivity index (χ3n) is 5.83. The maximum absolute atomic E-state index is 12.2. The molecule has 8 nitrogen and oxygen atoms in total. The Labute approximate surface area is 232 Å². The quantitative estimate of drug-likeness (QED) is 0.419. The number of aromatic nitrogens is 1. The fraction of sp³-hybridized carbons (Fsp3) is 0.607. The van der Waals surface area contributed by atoms with E-state index in [0.717, 1.165) is 51.9 Å². The summed E-state index contributed by atoms with van der Waals surface area (Å²) in [4.78, 5) is 27.3. The predicted octanol–water partition coefficient (Wildman–Crippen LogP) is 5.21. The zero-order chi connectivity index (χ0) is 28.7. The first kappa shape index (κ1) is 35.9. The van der Waals surface area contributed by atoms with Gasteiger partial charge in [0.2, 0.25) is 5.88 Å². The molecule has 3 rings (SSSR count). The van der Waals surface area contributed by atoms with E-state index in [2.05, 4.69) is 53.0 Å². The lowest BCUT2D eigenvalue weighted by Gasteiger charge is -2.28. The third-order valence-corrected chi connectivity index (χ3v) is 5.83. The summed E-state index contributed by atoms with van der Waals surface area (Å²) in [5.41, 5.74) is 7.46. The topological polar surface area (TPSA) is 101 Å². The lowest BCUT2D eigenvalue weighted by atomic mass is 10.1. The second-order valence-corrected chi connectivity index (χ2v) is 9.66. The van der Waals surface area contributed by atoms with Gasteiger partial charge >= 0.3 is 6.18 Å². The molecule has 1 aromatic rings. The van der Waals surface area contributed by atoms with Crippen molar-refractivity contribution >= 4 is 18.9 Å². The first-order valence-corrected chi connectivity index (χ1v) is 12.8. The maximum Gasteiger partial charge on any atom is 0.422 e. The Morgan fingerprint density at radius 2 is 1.79 bits per heavy atom. The number of carbonyl (C=O) groups excluding carboxylic acids is 2. The molecule has 1 aromatic heterocycles. The van der Waals surface area contributed by atoms with Gasteiger partial charge in [-0.25, -0.2) is 0 Å². The normalized spacial score (nSPS) is 16.1. The van der Waals surface area contributed by atoms with Crippen LogP contribution in [0.15, 0.2) is 35.7 Å². The van der Waals surface area contributed by atoms with Gasteiger partial charge in [-0.2, -0.15) is 18.2 Å². The molecule has 1 fully saturated rings. The molecule has 39 heavy (non-hydrogen) atoms. The molecule has 0 saturated carbocycles. The average molecular weight is 560 g/mol. The van der Waals surface area contributed by atoms with Crippen LogP contribution in [-0.4, -0.2) is 75.0 Å². The molecule has 11 heteroatoms. The maximum atomic E-state index is 12.2. The van der Waals surface area contributed by atoms with Crippen LogP contribution in [-0.2, 0) is 4.79 Å². The fourth-order valence-electron chi connectivity index (χ4n) is 3.79. The monoisotopic (exact) mass is 559 g/mol. The van der Waals surface area contributed by atoms with Crippen molar-refractivity contribution in [1.29, 1.82) is 0 Å². The predicted molar refractivity (Wildman–Crippen MR) is 153 cm³/mol. The van der Waals surface area contributed by atoms with E-state index >= 15 is 0 Å². The molecule has 2 aliphatic rings. The molecule has 0 bridgehead atoms.